The van der Waals surface area contributed by atoms with Gasteiger partial charge in [-0.3, -0.25) is 19.2 Å². The third kappa shape index (κ3) is 4.17. The molecule has 3 rings (SSSR count). The summed E-state index contributed by atoms with van der Waals surface area (Å²) in [5, 5.41) is 1.97. The number of ketones is 1. The highest BCUT2D eigenvalue weighted by Gasteiger charge is 2.42. The first-order valence-electron chi connectivity index (χ1n) is 9.07. The van der Waals surface area contributed by atoms with Gasteiger partial charge in [0.25, 0.3) is 5.91 Å². The van der Waals surface area contributed by atoms with E-state index in [-0.39, 0.29) is 23.4 Å². The number of Topliss-reactive ketones (excluding diaryl/α,β-unsaturated/α-hetero) is 1. The molecule has 0 saturated carbocycles. The minimum Gasteiger partial charge on any atom is -0.497 e. The van der Waals surface area contributed by atoms with E-state index < -0.39 is 29.5 Å². The minimum atomic E-state index is -1.15. The third-order valence-corrected chi connectivity index (χ3v) is 5.28. The fourth-order valence-corrected chi connectivity index (χ4v) is 3.63. The smallest absolute Gasteiger partial charge is 0.275 e. The van der Waals surface area contributed by atoms with E-state index in [2.05, 4.69) is 0 Å². The Morgan fingerprint density at radius 3 is 2.17 bits per heavy atom. The molecule has 9 heteroatoms. The van der Waals surface area contributed by atoms with Crippen molar-refractivity contribution < 1.29 is 23.9 Å². The Hall–Kier alpha value is -2.90. The van der Waals surface area contributed by atoms with E-state index in [1.54, 1.807) is 24.3 Å². The Morgan fingerprint density at radius 1 is 1.03 bits per heavy atom. The fraction of sp³-hybridized carbons (Fsp3) is 0.238. The van der Waals surface area contributed by atoms with Crippen LogP contribution in [-0.2, 0) is 9.59 Å². The predicted molar refractivity (Wildman–Crippen MR) is 111 cm³/mol. The van der Waals surface area contributed by atoms with Crippen LogP contribution in [0.2, 0.25) is 10.0 Å². The van der Waals surface area contributed by atoms with Crippen molar-refractivity contribution in [2.24, 2.45) is 0 Å². The molecule has 7 nitrogen and oxygen atoms in total. The molecule has 2 aromatic carbocycles. The quantitative estimate of drug-likeness (QED) is 0.495. The van der Waals surface area contributed by atoms with E-state index in [4.69, 9.17) is 27.9 Å². The van der Waals surface area contributed by atoms with Gasteiger partial charge in [-0.25, -0.2) is 5.01 Å². The summed E-state index contributed by atoms with van der Waals surface area (Å²) >= 11 is 12.1. The van der Waals surface area contributed by atoms with Crippen molar-refractivity contribution in [2.45, 2.75) is 25.8 Å². The number of amides is 3. The number of rotatable bonds is 6. The predicted octanol–water partition coefficient (Wildman–Crippen LogP) is 3.78. The number of methoxy groups -OCH3 is 1. The summed E-state index contributed by atoms with van der Waals surface area (Å²) in [6.07, 6.45) is -0.0825. The normalized spacial score (nSPS) is 14.6. The van der Waals surface area contributed by atoms with Gasteiger partial charge in [-0.05, 0) is 49.4 Å². The lowest BCUT2D eigenvalue weighted by Gasteiger charge is -2.34. The molecule has 3 amide bonds. The van der Waals surface area contributed by atoms with Crippen LogP contribution in [0, 0.1) is 0 Å². The molecule has 1 aliphatic heterocycles. The minimum absolute atomic E-state index is 0.0166. The van der Waals surface area contributed by atoms with E-state index in [0.29, 0.717) is 16.3 Å². The second-order valence-corrected chi connectivity index (χ2v) is 7.49. The average Bonchev–Trinajstić information content (AvgIpc) is 3.06. The number of carbonyl (C=O) groups excluding carboxylic acids is 4. The maximum absolute atomic E-state index is 13.3. The largest absolute Gasteiger partial charge is 0.497 e. The van der Waals surface area contributed by atoms with Crippen molar-refractivity contribution in [3.8, 4) is 5.75 Å². The topological polar surface area (TPSA) is 84.0 Å². The molecule has 1 heterocycles. The lowest BCUT2D eigenvalue weighted by atomic mass is 10.0. The maximum atomic E-state index is 13.3. The van der Waals surface area contributed by atoms with Crippen LogP contribution in [0.15, 0.2) is 42.5 Å². The lowest BCUT2D eigenvalue weighted by Crippen LogP contribution is -2.56. The van der Waals surface area contributed by atoms with Crippen LogP contribution in [0.1, 0.15) is 40.5 Å². The zero-order chi connectivity index (χ0) is 22.0. The zero-order valence-electron chi connectivity index (χ0n) is 16.2. The molecule has 0 N–H and O–H groups in total. The van der Waals surface area contributed by atoms with Crippen LogP contribution in [-0.4, -0.2) is 46.7 Å². The van der Waals surface area contributed by atoms with Crippen LogP contribution >= 0.6 is 23.2 Å². The van der Waals surface area contributed by atoms with Crippen molar-refractivity contribution in [1.82, 2.24) is 10.0 Å². The van der Waals surface area contributed by atoms with E-state index in [1.165, 1.54) is 32.2 Å². The van der Waals surface area contributed by atoms with Gasteiger partial charge < -0.3 is 4.74 Å². The fourth-order valence-electron chi connectivity index (χ4n) is 3.14. The highest BCUT2D eigenvalue weighted by molar-refractivity contribution is 6.36. The SMILES string of the molecule is COc1ccc(C(=O)[C@@H](C)N(C(=O)c2ccc(Cl)cc2Cl)N2C(=O)CCC2=O)cc1. The van der Waals surface area contributed by atoms with E-state index in [0.717, 1.165) is 10.0 Å². The molecule has 2 aromatic rings. The molecule has 1 aliphatic rings. The van der Waals surface area contributed by atoms with Crippen LogP contribution < -0.4 is 4.74 Å². The molecule has 0 unspecified atom stereocenters. The Morgan fingerprint density at radius 2 is 1.63 bits per heavy atom. The number of ether oxygens (including phenoxy) is 1. The number of imide groups is 1. The third-order valence-electron chi connectivity index (χ3n) is 4.73. The van der Waals surface area contributed by atoms with Crippen LogP contribution in [0.4, 0.5) is 0 Å². The van der Waals surface area contributed by atoms with Crippen LogP contribution in [0.3, 0.4) is 0 Å². The van der Waals surface area contributed by atoms with Gasteiger partial charge in [-0.1, -0.05) is 23.2 Å². The molecular weight excluding hydrogens is 431 g/mol. The Bertz CT molecular complexity index is 1010. The summed E-state index contributed by atoms with van der Waals surface area (Å²) < 4.78 is 5.09. The second-order valence-electron chi connectivity index (χ2n) is 6.64. The molecule has 1 saturated heterocycles. The number of carbonyl (C=O) groups is 4. The Labute approximate surface area is 183 Å². The summed E-state index contributed by atoms with van der Waals surface area (Å²) in [4.78, 5) is 51.2. The second kappa shape index (κ2) is 8.85. The van der Waals surface area contributed by atoms with Crippen LogP contribution in [0.25, 0.3) is 0 Å². The summed E-state index contributed by atoms with van der Waals surface area (Å²) in [6, 6.07) is 9.37. The number of nitrogens with zero attached hydrogens (tertiary/aromatic N) is 2. The molecule has 1 atom stereocenters. The van der Waals surface area contributed by atoms with Gasteiger partial charge in [-0.15, -0.1) is 0 Å². The number of hydrogen-bond acceptors (Lipinski definition) is 5. The van der Waals surface area contributed by atoms with Crippen molar-refractivity contribution >= 4 is 46.7 Å². The summed E-state index contributed by atoms with van der Waals surface area (Å²) in [5.41, 5.74) is 0.311. The highest BCUT2D eigenvalue weighted by atomic mass is 35.5. The Kier molecular flexibility index (Phi) is 6.43. The van der Waals surface area contributed by atoms with E-state index >= 15 is 0 Å². The molecule has 0 spiro atoms. The van der Waals surface area contributed by atoms with Gasteiger partial charge in [0.1, 0.15) is 11.8 Å². The van der Waals surface area contributed by atoms with Gasteiger partial charge in [0.2, 0.25) is 11.8 Å². The van der Waals surface area contributed by atoms with Gasteiger partial charge in [-0.2, -0.15) is 5.01 Å². The van der Waals surface area contributed by atoms with Crippen molar-refractivity contribution in [2.75, 3.05) is 7.11 Å². The first-order chi connectivity index (χ1) is 14.2. The highest BCUT2D eigenvalue weighted by Crippen LogP contribution is 2.27. The van der Waals surface area contributed by atoms with Crippen LogP contribution in [0.5, 0.6) is 5.75 Å². The monoisotopic (exact) mass is 448 g/mol. The molecule has 0 radical (unpaired) electrons. The number of hydrazine groups is 1. The van der Waals surface area contributed by atoms with E-state index in [1.807, 2.05) is 0 Å². The summed E-state index contributed by atoms with van der Waals surface area (Å²) in [5.74, 6) is -1.77. The van der Waals surface area contributed by atoms with Crippen molar-refractivity contribution in [3.63, 3.8) is 0 Å². The first kappa shape index (κ1) is 21.8. The molecule has 0 aliphatic carbocycles. The van der Waals surface area contributed by atoms with E-state index in [9.17, 15) is 19.2 Å². The molecule has 1 fully saturated rings. The number of halogens is 2. The molecule has 0 bridgehead atoms. The van der Waals surface area contributed by atoms with Crippen molar-refractivity contribution in [1.29, 1.82) is 0 Å². The number of benzene rings is 2. The first-order valence-corrected chi connectivity index (χ1v) is 9.82. The average molecular weight is 449 g/mol. The molecule has 156 valence electrons. The van der Waals surface area contributed by atoms with Gasteiger partial charge >= 0.3 is 0 Å². The molecule has 0 aromatic heterocycles. The lowest BCUT2D eigenvalue weighted by molar-refractivity contribution is -0.154. The standard InChI is InChI=1S/C21H18Cl2N2O5/c1-12(20(28)13-3-6-15(30-2)7-4-13)24(25-18(26)9-10-19(25)27)21(29)16-8-5-14(22)11-17(16)23/h3-8,11-12H,9-10H2,1-2H3/t12-/m1/s1. The summed E-state index contributed by atoms with van der Waals surface area (Å²) in [7, 11) is 1.50. The maximum Gasteiger partial charge on any atom is 0.275 e. The van der Waals surface area contributed by atoms with Gasteiger partial charge in [0.15, 0.2) is 5.78 Å². The van der Waals surface area contributed by atoms with Crippen molar-refractivity contribution in [3.05, 3.63) is 63.6 Å². The van der Waals surface area contributed by atoms with Gasteiger partial charge in [0, 0.05) is 23.4 Å². The Balaban J connectivity index is 2.02. The summed E-state index contributed by atoms with van der Waals surface area (Å²) in [6.45, 7) is 1.45. The molecular formula is C21H18Cl2N2O5. The van der Waals surface area contributed by atoms with Gasteiger partial charge in [0.05, 0.1) is 17.7 Å². The molecule has 30 heavy (non-hydrogen) atoms. The zero-order valence-corrected chi connectivity index (χ0v) is 17.7. The number of hydrogen-bond donors (Lipinski definition) is 0.